The number of carbonyl (C=O) groups is 3. The average molecular weight is 490 g/mol. The standard InChI is InChI=1S/C27H27N3O4S/c1-16-7-6-8-23(18(16)3)28-25(31)15-29-26(32)24(35-27(29)33)14-20-13-17(2)30(19(20)4)21-9-11-22(34-5)12-10-21/h6-14H,15H2,1-5H3,(H,28,31)/b24-14-. The number of aryl methyl sites for hydroxylation is 2. The minimum atomic E-state index is -0.467. The van der Waals surface area contributed by atoms with Crippen LogP contribution in [0.2, 0.25) is 0 Å². The van der Waals surface area contributed by atoms with Crippen LogP contribution in [-0.2, 0) is 9.59 Å². The highest BCUT2D eigenvalue weighted by Gasteiger charge is 2.36. The number of hydrogen-bond acceptors (Lipinski definition) is 5. The average Bonchev–Trinajstić information content (AvgIpc) is 3.26. The first-order chi connectivity index (χ1) is 16.7. The van der Waals surface area contributed by atoms with Gasteiger partial charge >= 0.3 is 0 Å². The van der Waals surface area contributed by atoms with E-state index in [1.165, 1.54) is 0 Å². The summed E-state index contributed by atoms with van der Waals surface area (Å²) >= 11 is 0.848. The molecule has 0 unspecified atom stereocenters. The molecule has 3 amide bonds. The fourth-order valence-electron chi connectivity index (χ4n) is 4.06. The first-order valence-electron chi connectivity index (χ1n) is 11.1. The molecule has 0 atom stereocenters. The number of methoxy groups -OCH3 is 1. The molecule has 1 aromatic heterocycles. The molecule has 1 fully saturated rings. The van der Waals surface area contributed by atoms with Crippen molar-refractivity contribution in [2.75, 3.05) is 19.0 Å². The smallest absolute Gasteiger partial charge is 0.294 e. The number of ether oxygens (including phenoxy) is 1. The van der Waals surface area contributed by atoms with Crippen LogP contribution in [0.25, 0.3) is 11.8 Å². The van der Waals surface area contributed by atoms with Gasteiger partial charge in [0.2, 0.25) is 5.91 Å². The molecule has 1 N–H and O–H groups in total. The van der Waals surface area contributed by atoms with Crippen LogP contribution in [0.3, 0.4) is 0 Å². The summed E-state index contributed by atoms with van der Waals surface area (Å²) in [4.78, 5) is 39.4. The van der Waals surface area contributed by atoms with Crippen molar-refractivity contribution >= 4 is 40.6 Å². The second-order valence-corrected chi connectivity index (χ2v) is 9.42. The molecular formula is C27H27N3O4S. The molecule has 2 aromatic carbocycles. The van der Waals surface area contributed by atoms with E-state index in [2.05, 4.69) is 9.88 Å². The zero-order valence-electron chi connectivity index (χ0n) is 20.3. The molecule has 2 heterocycles. The van der Waals surface area contributed by atoms with Gasteiger partial charge in [0.25, 0.3) is 11.1 Å². The van der Waals surface area contributed by atoms with E-state index in [-0.39, 0.29) is 6.54 Å². The third kappa shape index (κ3) is 4.88. The first-order valence-corrected chi connectivity index (χ1v) is 12.0. The summed E-state index contributed by atoms with van der Waals surface area (Å²) in [5.41, 5.74) is 6.40. The molecule has 0 radical (unpaired) electrons. The number of nitrogens with one attached hydrogen (secondary N) is 1. The highest BCUT2D eigenvalue weighted by molar-refractivity contribution is 8.18. The van der Waals surface area contributed by atoms with Crippen LogP contribution in [0.15, 0.2) is 53.4 Å². The van der Waals surface area contributed by atoms with E-state index in [0.717, 1.165) is 56.2 Å². The number of hydrogen-bond donors (Lipinski definition) is 1. The third-order valence-electron chi connectivity index (χ3n) is 6.14. The Labute approximate surface area is 208 Å². The molecule has 0 aliphatic carbocycles. The van der Waals surface area contributed by atoms with E-state index < -0.39 is 17.1 Å². The summed E-state index contributed by atoms with van der Waals surface area (Å²) in [6.45, 7) is 7.48. The lowest BCUT2D eigenvalue weighted by Crippen LogP contribution is -2.36. The predicted octanol–water partition coefficient (Wildman–Crippen LogP) is 5.39. The van der Waals surface area contributed by atoms with Gasteiger partial charge in [0.15, 0.2) is 0 Å². The molecule has 1 saturated heterocycles. The number of thioether (sulfide) groups is 1. The predicted molar refractivity (Wildman–Crippen MR) is 139 cm³/mol. The Morgan fingerprint density at radius 1 is 1.06 bits per heavy atom. The summed E-state index contributed by atoms with van der Waals surface area (Å²) in [6, 6.07) is 15.3. The van der Waals surface area contributed by atoms with Crippen LogP contribution in [0.4, 0.5) is 10.5 Å². The van der Waals surface area contributed by atoms with Crippen molar-refractivity contribution in [2.45, 2.75) is 27.7 Å². The first kappa shape index (κ1) is 24.3. The number of carbonyl (C=O) groups excluding carboxylic acids is 3. The Balaban J connectivity index is 1.53. The van der Waals surface area contributed by atoms with Crippen LogP contribution in [0.1, 0.15) is 28.1 Å². The van der Waals surface area contributed by atoms with Crippen molar-refractivity contribution < 1.29 is 19.1 Å². The van der Waals surface area contributed by atoms with Crippen LogP contribution in [0.5, 0.6) is 5.75 Å². The Morgan fingerprint density at radius 3 is 2.46 bits per heavy atom. The van der Waals surface area contributed by atoms with Crippen LogP contribution >= 0.6 is 11.8 Å². The third-order valence-corrected chi connectivity index (χ3v) is 7.05. The van der Waals surface area contributed by atoms with Gasteiger partial charge in [-0.1, -0.05) is 12.1 Å². The van der Waals surface area contributed by atoms with Crippen LogP contribution in [0, 0.1) is 27.7 Å². The lowest BCUT2D eigenvalue weighted by Gasteiger charge is -2.14. The minimum absolute atomic E-state index is 0.296. The molecule has 0 saturated carbocycles. The van der Waals surface area contributed by atoms with E-state index in [1.807, 2.05) is 70.2 Å². The zero-order chi connectivity index (χ0) is 25.3. The summed E-state index contributed by atoms with van der Waals surface area (Å²) in [6.07, 6.45) is 1.72. The SMILES string of the molecule is COc1ccc(-n2c(C)cc(/C=C3\SC(=O)N(CC(=O)Nc4cccc(C)c4C)C3=O)c2C)cc1. The van der Waals surface area contributed by atoms with Gasteiger partial charge in [0.1, 0.15) is 12.3 Å². The van der Waals surface area contributed by atoms with E-state index in [4.69, 9.17) is 4.74 Å². The topological polar surface area (TPSA) is 80.6 Å². The molecule has 1 aliphatic rings. The number of aromatic nitrogens is 1. The number of rotatable bonds is 6. The van der Waals surface area contributed by atoms with Crippen molar-refractivity contribution in [3.8, 4) is 11.4 Å². The molecule has 7 nitrogen and oxygen atoms in total. The number of imide groups is 1. The zero-order valence-corrected chi connectivity index (χ0v) is 21.2. The summed E-state index contributed by atoms with van der Waals surface area (Å²) in [7, 11) is 1.62. The maximum atomic E-state index is 13.0. The molecule has 35 heavy (non-hydrogen) atoms. The maximum Gasteiger partial charge on any atom is 0.294 e. The molecule has 1 aliphatic heterocycles. The largest absolute Gasteiger partial charge is 0.497 e. The molecule has 0 bridgehead atoms. The summed E-state index contributed by atoms with van der Waals surface area (Å²) < 4.78 is 7.32. The van der Waals surface area contributed by atoms with Crippen molar-refractivity contribution in [3.05, 3.63) is 81.5 Å². The molecule has 4 rings (SSSR count). The molecule has 8 heteroatoms. The van der Waals surface area contributed by atoms with Crippen LogP contribution < -0.4 is 10.1 Å². The second-order valence-electron chi connectivity index (χ2n) is 8.42. The lowest BCUT2D eigenvalue weighted by atomic mass is 10.1. The van der Waals surface area contributed by atoms with E-state index in [0.29, 0.717) is 10.6 Å². The monoisotopic (exact) mass is 489 g/mol. The van der Waals surface area contributed by atoms with Gasteiger partial charge in [-0.15, -0.1) is 0 Å². The number of nitrogens with zero attached hydrogens (tertiary/aromatic N) is 2. The van der Waals surface area contributed by atoms with E-state index >= 15 is 0 Å². The minimum Gasteiger partial charge on any atom is -0.497 e. The summed E-state index contributed by atoms with van der Waals surface area (Å²) in [5.74, 6) is -0.114. The van der Waals surface area contributed by atoms with Gasteiger partial charge in [-0.2, -0.15) is 0 Å². The van der Waals surface area contributed by atoms with Gasteiger partial charge in [-0.3, -0.25) is 19.3 Å². The quantitative estimate of drug-likeness (QED) is 0.469. The van der Waals surface area contributed by atoms with Gasteiger partial charge in [-0.25, -0.2) is 0 Å². The number of amides is 3. The second kappa shape index (κ2) is 9.84. The number of benzene rings is 2. The van der Waals surface area contributed by atoms with Crippen LogP contribution in [-0.4, -0.2) is 40.2 Å². The normalized spacial score (nSPS) is 14.7. The fourth-order valence-corrected chi connectivity index (χ4v) is 4.89. The Bertz CT molecular complexity index is 1360. The molecule has 3 aromatic rings. The number of anilines is 1. The molecule has 0 spiro atoms. The highest BCUT2D eigenvalue weighted by atomic mass is 32.2. The van der Waals surface area contributed by atoms with E-state index in [1.54, 1.807) is 19.3 Å². The van der Waals surface area contributed by atoms with Gasteiger partial charge in [0, 0.05) is 22.8 Å². The highest BCUT2D eigenvalue weighted by Crippen LogP contribution is 2.34. The van der Waals surface area contributed by atoms with Gasteiger partial charge in [-0.05, 0) is 98.6 Å². The lowest BCUT2D eigenvalue weighted by molar-refractivity contribution is -0.127. The van der Waals surface area contributed by atoms with E-state index in [9.17, 15) is 14.4 Å². The fraction of sp³-hybridized carbons (Fsp3) is 0.222. The van der Waals surface area contributed by atoms with Crippen molar-refractivity contribution in [3.63, 3.8) is 0 Å². The Morgan fingerprint density at radius 2 is 1.77 bits per heavy atom. The van der Waals surface area contributed by atoms with Crippen molar-refractivity contribution in [2.24, 2.45) is 0 Å². The Kier molecular flexibility index (Phi) is 6.84. The van der Waals surface area contributed by atoms with Gasteiger partial charge < -0.3 is 14.6 Å². The Hall–Kier alpha value is -3.78. The summed E-state index contributed by atoms with van der Waals surface area (Å²) in [5, 5.41) is 2.35. The molecular weight excluding hydrogens is 462 g/mol. The molecule has 180 valence electrons. The maximum absolute atomic E-state index is 13.0. The van der Waals surface area contributed by atoms with Crippen molar-refractivity contribution in [1.29, 1.82) is 0 Å². The van der Waals surface area contributed by atoms with Gasteiger partial charge in [0.05, 0.1) is 12.0 Å². The van der Waals surface area contributed by atoms with Crippen molar-refractivity contribution in [1.82, 2.24) is 9.47 Å².